The Morgan fingerprint density at radius 3 is 2.67 bits per heavy atom. The first kappa shape index (κ1) is 10.6. The van der Waals surface area contributed by atoms with E-state index in [1.807, 2.05) is 13.1 Å². The Hall–Kier alpha value is -0.930. The minimum absolute atomic E-state index is 0.823. The summed E-state index contributed by atoms with van der Waals surface area (Å²) in [5.41, 5.74) is 2.19. The molecule has 0 bridgehead atoms. The van der Waals surface area contributed by atoms with Gasteiger partial charge in [0.25, 0.3) is 0 Å². The van der Waals surface area contributed by atoms with Gasteiger partial charge in [-0.3, -0.25) is 0 Å². The molecule has 1 fully saturated rings. The van der Waals surface area contributed by atoms with Gasteiger partial charge in [0.05, 0.1) is 10.7 Å². The van der Waals surface area contributed by atoms with Gasteiger partial charge in [-0.1, -0.05) is 11.6 Å². The van der Waals surface area contributed by atoms with E-state index in [4.69, 9.17) is 11.6 Å². The van der Waals surface area contributed by atoms with Crippen molar-refractivity contribution in [2.24, 2.45) is 0 Å². The van der Waals surface area contributed by atoms with Crippen LogP contribution in [0.25, 0.3) is 0 Å². The van der Waals surface area contributed by atoms with Gasteiger partial charge in [-0.25, -0.2) is 0 Å². The highest BCUT2D eigenvalue weighted by molar-refractivity contribution is 6.33. The van der Waals surface area contributed by atoms with Gasteiger partial charge in [-0.05, 0) is 18.2 Å². The quantitative estimate of drug-likeness (QED) is 0.804. The monoisotopic (exact) mass is 225 g/mol. The average molecular weight is 226 g/mol. The van der Waals surface area contributed by atoms with Gasteiger partial charge < -0.3 is 15.5 Å². The van der Waals surface area contributed by atoms with Gasteiger partial charge in [0.2, 0.25) is 0 Å². The summed E-state index contributed by atoms with van der Waals surface area (Å²) in [5, 5.41) is 7.23. The molecule has 15 heavy (non-hydrogen) atoms. The van der Waals surface area contributed by atoms with Crippen molar-refractivity contribution in [1.82, 2.24) is 5.32 Å². The Balaban J connectivity index is 2.19. The molecule has 1 aliphatic rings. The van der Waals surface area contributed by atoms with E-state index in [9.17, 15) is 0 Å². The first-order valence-electron chi connectivity index (χ1n) is 5.24. The maximum Gasteiger partial charge on any atom is 0.0660 e. The summed E-state index contributed by atoms with van der Waals surface area (Å²) in [7, 11) is 1.90. The third-order valence-corrected chi connectivity index (χ3v) is 3.00. The van der Waals surface area contributed by atoms with E-state index in [1.54, 1.807) is 0 Å². The van der Waals surface area contributed by atoms with Crippen LogP contribution in [0.15, 0.2) is 18.2 Å². The van der Waals surface area contributed by atoms with Crippen LogP contribution in [0.3, 0.4) is 0 Å². The van der Waals surface area contributed by atoms with Crippen molar-refractivity contribution in [2.75, 3.05) is 43.4 Å². The highest BCUT2D eigenvalue weighted by Crippen LogP contribution is 2.28. The van der Waals surface area contributed by atoms with Gasteiger partial charge in [-0.15, -0.1) is 0 Å². The fourth-order valence-corrected chi connectivity index (χ4v) is 2.12. The van der Waals surface area contributed by atoms with Crippen LogP contribution in [0.5, 0.6) is 0 Å². The molecule has 3 nitrogen and oxygen atoms in total. The Kier molecular flexibility index (Phi) is 3.34. The summed E-state index contributed by atoms with van der Waals surface area (Å²) in [5.74, 6) is 0. The van der Waals surface area contributed by atoms with Crippen LogP contribution in [0, 0.1) is 0 Å². The SMILES string of the molecule is CNc1ccc(N2CCNCC2)c(Cl)c1. The number of anilines is 2. The first-order valence-corrected chi connectivity index (χ1v) is 5.62. The molecule has 1 aliphatic heterocycles. The fraction of sp³-hybridized carbons (Fsp3) is 0.455. The van der Waals surface area contributed by atoms with E-state index in [2.05, 4.69) is 27.7 Å². The summed E-state index contributed by atoms with van der Waals surface area (Å²) in [4.78, 5) is 2.32. The van der Waals surface area contributed by atoms with Gasteiger partial charge in [0.1, 0.15) is 0 Å². The molecule has 0 unspecified atom stereocenters. The van der Waals surface area contributed by atoms with Crippen LogP contribution in [-0.2, 0) is 0 Å². The van der Waals surface area contributed by atoms with Gasteiger partial charge >= 0.3 is 0 Å². The van der Waals surface area contributed by atoms with Crippen molar-refractivity contribution in [1.29, 1.82) is 0 Å². The summed E-state index contributed by atoms with van der Waals surface area (Å²) in [6, 6.07) is 6.11. The topological polar surface area (TPSA) is 27.3 Å². The summed E-state index contributed by atoms with van der Waals surface area (Å²) >= 11 is 6.24. The van der Waals surface area contributed by atoms with Crippen LogP contribution in [-0.4, -0.2) is 33.2 Å². The molecular formula is C11H16ClN3. The zero-order chi connectivity index (χ0) is 10.7. The van der Waals surface area contributed by atoms with E-state index < -0.39 is 0 Å². The van der Waals surface area contributed by atoms with Crippen LogP contribution >= 0.6 is 11.6 Å². The Labute approximate surface area is 95.4 Å². The van der Waals surface area contributed by atoms with Crippen molar-refractivity contribution in [2.45, 2.75) is 0 Å². The standard InChI is InChI=1S/C11H16ClN3/c1-13-9-2-3-11(10(12)8-9)15-6-4-14-5-7-15/h2-3,8,13-14H,4-7H2,1H3. The molecule has 1 aromatic carbocycles. The average Bonchev–Trinajstić information content (AvgIpc) is 2.30. The predicted octanol–water partition coefficient (Wildman–Crippen LogP) is 1.79. The number of rotatable bonds is 2. The van der Waals surface area contributed by atoms with Gasteiger partial charge in [0.15, 0.2) is 0 Å². The van der Waals surface area contributed by atoms with Crippen molar-refractivity contribution in [3.8, 4) is 0 Å². The lowest BCUT2D eigenvalue weighted by molar-refractivity contribution is 0.589. The summed E-state index contributed by atoms with van der Waals surface area (Å²) in [6.07, 6.45) is 0. The Morgan fingerprint density at radius 2 is 2.07 bits per heavy atom. The minimum atomic E-state index is 0.823. The number of nitrogens with one attached hydrogen (secondary N) is 2. The molecule has 0 radical (unpaired) electrons. The summed E-state index contributed by atoms with van der Waals surface area (Å²) in [6.45, 7) is 4.12. The predicted molar refractivity (Wildman–Crippen MR) is 66.1 cm³/mol. The van der Waals surface area contributed by atoms with Crippen LogP contribution in [0.2, 0.25) is 5.02 Å². The van der Waals surface area contributed by atoms with Crippen LogP contribution in [0.4, 0.5) is 11.4 Å². The number of halogens is 1. The number of nitrogens with zero attached hydrogens (tertiary/aromatic N) is 1. The molecule has 1 heterocycles. The molecule has 2 rings (SSSR count). The molecule has 4 heteroatoms. The van der Waals surface area contributed by atoms with E-state index in [0.717, 1.165) is 42.6 Å². The van der Waals surface area contributed by atoms with E-state index in [-0.39, 0.29) is 0 Å². The molecule has 0 amide bonds. The highest BCUT2D eigenvalue weighted by atomic mass is 35.5. The lowest BCUT2D eigenvalue weighted by Crippen LogP contribution is -2.43. The smallest absolute Gasteiger partial charge is 0.0660 e. The molecule has 82 valence electrons. The second kappa shape index (κ2) is 4.73. The fourth-order valence-electron chi connectivity index (χ4n) is 1.82. The van der Waals surface area contributed by atoms with Crippen molar-refractivity contribution in [3.05, 3.63) is 23.2 Å². The van der Waals surface area contributed by atoms with Crippen molar-refractivity contribution in [3.63, 3.8) is 0 Å². The van der Waals surface area contributed by atoms with Crippen molar-refractivity contribution < 1.29 is 0 Å². The molecule has 1 saturated heterocycles. The largest absolute Gasteiger partial charge is 0.388 e. The number of hydrogen-bond donors (Lipinski definition) is 2. The normalized spacial score (nSPS) is 16.5. The molecule has 0 spiro atoms. The minimum Gasteiger partial charge on any atom is -0.388 e. The van der Waals surface area contributed by atoms with E-state index in [0.29, 0.717) is 0 Å². The second-order valence-corrected chi connectivity index (χ2v) is 4.06. The van der Waals surface area contributed by atoms with Gasteiger partial charge in [-0.2, -0.15) is 0 Å². The zero-order valence-corrected chi connectivity index (χ0v) is 9.64. The van der Waals surface area contributed by atoms with E-state index in [1.165, 1.54) is 0 Å². The molecule has 0 atom stereocenters. The molecule has 0 saturated carbocycles. The van der Waals surface area contributed by atoms with Crippen LogP contribution in [0.1, 0.15) is 0 Å². The molecule has 2 N–H and O–H groups in total. The molecule has 1 aromatic rings. The lowest BCUT2D eigenvalue weighted by Gasteiger charge is -2.30. The van der Waals surface area contributed by atoms with Gasteiger partial charge in [0, 0.05) is 38.9 Å². The Morgan fingerprint density at radius 1 is 1.33 bits per heavy atom. The lowest BCUT2D eigenvalue weighted by atomic mass is 10.2. The maximum atomic E-state index is 6.24. The van der Waals surface area contributed by atoms with Crippen LogP contribution < -0.4 is 15.5 Å². The zero-order valence-electron chi connectivity index (χ0n) is 8.89. The maximum absolute atomic E-state index is 6.24. The highest BCUT2D eigenvalue weighted by Gasteiger charge is 2.13. The Bertz CT molecular complexity index is 335. The number of hydrogen-bond acceptors (Lipinski definition) is 3. The van der Waals surface area contributed by atoms with E-state index >= 15 is 0 Å². The molecular weight excluding hydrogens is 210 g/mol. The third-order valence-electron chi connectivity index (χ3n) is 2.69. The second-order valence-electron chi connectivity index (χ2n) is 3.65. The molecule has 0 aliphatic carbocycles. The number of benzene rings is 1. The van der Waals surface area contributed by atoms with Crippen molar-refractivity contribution >= 4 is 23.0 Å². The first-order chi connectivity index (χ1) is 7.31. The molecule has 0 aromatic heterocycles. The third kappa shape index (κ3) is 2.36. The summed E-state index contributed by atoms with van der Waals surface area (Å²) < 4.78 is 0. The number of piperazine rings is 1.